The molecule has 12 heavy (non-hydrogen) atoms. The van der Waals surface area contributed by atoms with Gasteiger partial charge in [-0.05, 0) is 48.9 Å². The number of ketones is 1. The van der Waals surface area contributed by atoms with E-state index in [2.05, 4.69) is 0 Å². The van der Waals surface area contributed by atoms with Crippen LogP contribution in [0.2, 0.25) is 0 Å². The molecule has 0 amide bonds. The Morgan fingerprint density at radius 1 is 1.00 bits per heavy atom. The molecule has 0 radical (unpaired) electrons. The lowest BCUT2D eigenvalue weighted by molar-refractivity contribution is -0.124. The molecule has 6 atom stereocenters. The van der Waals surface area contributed by atoms with Crippen LogP contribution in [0.15, 0.2) is 0 Å². The second-order valence-electron chi connectivity index (χ2n) is 5.41. The molecule has 1 heteroatoms. The Morgan fingerprint density at radius 3 is 2.75 bits per heavy atom. The Morgan fingerprint density at radius 2 is 1.83 bits per heavy atom. The number of rotatable bonds is 0. The summed E-state index contributed by atoms with van der Waals surface area (Å²) in [4.78, 5) is 11.5. The Labute approximate surface area is 72.5 Å². The molecule has 0 saturated heterocycles. The fourth-order valence-corrected chi connectivity index (χ4v) is 4.63. The highest BCUT2D eigenvalue weighted by molar-refractivity contribution is 5.85. The summed E-state index contributed by atoms with van der Waals surface area (Å²) < 4.78 is 0. The summed E-state index contributed by atoms with van der Waals surface area (Å²) in [6.45, 7) is 0. The summed E-state index contributed by atoms with van der Waals surface area (Å²) in [5.74, 6) is 6.01. The lowest BCUT2D eigenvalue weighted by Gasteiger charge is -2.25. The fourth-order valence-electron chi connectivity index (χ4n) is 4.63. The first kappa shape index (κ1) is 6.17. The number of carbonyl (C=O) groups is 1. The van der Waals surface area contributed by atoms with Crippen LogP contribution in [-0.4, -0.2) is 5.78 Å². The summed E-state index contributed by atoms with van der Waals surface area (Å²) in [5.41, 5.74) is 0. The molecule has 2 bridgehead atoms. The minimum absolute atomic E-state index is 0.535. The van der Waals surface area contributed by atoms with Crippen LogP contribution in [0.1, 0.15) is 25.7 Å². The number of hydrogen-bond donors (Lipinski definition) is 0. The van der Waals surface area contributed by atoms with Gasteiger partial charge in [-0.3, -0.25) is 4.79 Å². The third-order valence-corrected chi connectivity index (χ3v) is 5.04. The summed E-state index contributed by atoms with van der Waals surface area (Å²) >= 11 is 0. The van der Waals surface area contributed by atoms with Crippen molar-refractivity contribution in [2.24, 2.45) is 35.5 Å². The molecular formula is C11H14O. The molecule has 0 aromatic carbocycles. The van der Waals surface area contributed by atoms with E-state index < -0.39 is 0 Å². The van der Waals surface area contributed by atoms with Gasteiger partial charge in [0.1, 0.15) is 5.78 Å². The van der Waals surface area contributed by atoms with Gasteiger partial charge in [0.15, 0.2) is 0 Å². The predicted molar refractivity (Wildman–Crippen MR) is 44.4 cm³/mol. The van der Waals surface area contributed by atoms with Crippen molar-refractivity contribution in [1.29, 1.82) is 0 Å². The van der Waals surface area contributed by atoms with Crippen molar-refractivity contribution in [3.05, 3.63) is 0 Å². The van der Waals surface area contributed by atoms with Crippen LogP contribution in [0.4, 0.5) is 0 Å². The van der Waals surface area contributed by atoms with E-state index >= 15 is 0 Å². The Bertz CT molecular complexity index is 270. The summed E-state index contributed by atoms with van der Waals surface area (Å²) in [5, 5.41) is 0. The Hall–Kier alpha value is -0.330. The van der Waals surface area contributed by atoms with Crippen LogP contribution in [0.3, 0.4) is 0 Å². The molecule has 4 saturated carbocycles. The van der Waals surface area contributed by atoms with Crippen molar-refractivity contribution in [1.82, 2.24) is 0 Å². The average Bonchev–Trinajstić information content (AvgIpc) is 2.43. The van der Waals surface area contributed by atoms with Crippen LogP contribution in [0.5, 0.6) is 0 Å². The van der Waals surface area contributed by atoms with Crippen molar-refractivity contribution in [3.8, 4) is 0 Å². The lowest BCUT2D eigenvalue weighted by Crippen LogP contribution is -2.26. The van der Waals surface area contributed by atoms with Gasteiger partial charge in [-0.25, -0.2) is 0 Å². The summed E-state index contributed by atoms with van der Waals surface area (Å²) in [7, 11) is 0. The SMILES string of the molecule is O=C1C[C@@H]2C[C@H]1[C@H]1C[C@@H]3C[C@@H]3[C@@H]21. The van der Waals surface area contributed by atoms with Crippen molar-refractivity contribution >= 4 is 5.78 Å². The minimum Gasteiger partial charge on any atom is -0.299 e. The number of Topliss-reactive ketones (excluding diaryl/α,β-unsaturated/α-hetero) is 1. The molecule has 1 nitrogen and oxygen atoms in total. The smallest absolute Gasteiger partial charge is 0.136 e. The number of fused-ring (bicyclic) bond motifs is 7. The van der Waals surface area contributed by atoms with Gasteiger partial charge in [-0.1, -0.05) is 0 Å². The van der Waals surface area contributed by atoms with E-state index in [1.165, 1.54) is 19.3 Å². The van der Waals surface area contributed by atoms with Gasteiger partial charge in [0, 0.05) is 12.3 Å². The Kier molecular flexibility index (Phi) is 0.843. The molecule has 0 heterocycles. The predicted octanol–water partition coefficient (Wildman–Crippen LogP) is 1.87. The van der Waals surface area contributed by atoms with Crippen LogP contribution in [0, 0.1) is 35.5 Å². The number of carbonyl (C=O) groups excluding carboxylic acids is 1. The molecule has 64 valence electrons. The first-order chi connectivity index (χ1) is 5.84. The van der Waals surface area contributed by atoms with Gasteiger partial charge in [-0.2, -0.15) is 0 Å². The van der Waals surface area contributed by atoms with E-state index in [0.29, 0.717) is 11.7 Å². The van der Waals surface area contributed by atoms with E-state index in [1.54, 1.807) is 0 Å². The maximum absolute atomic E-state index is 11.5. The van der Waals surface area contributed by atoms with Crippen LogP contribution >= 0.6 is 0 Å². The third-order valence-electron chi connectivity index (χ3n) is 5.04. The van der Waals surface area contributed by atoms with E-state index in [1.807, 2.05) is 0 Å². The van der Waals surface area contributed by atoms with Crippen LogP contribution in [-0.2, 0) is 4.79 Å². The highest BCUT2D eigenvalue weighted by atomic mass is 16.1. The van der Waals surface area contributed by atoms with Crippen LogP contribution in [0.25, 0.3) is 0 Å². The topological polar surface area (TPSA) is 17.1 Å². The molecule has 0 aliphatic heterocycles. The van der Waals surface area contributed by atoms with Crippen molar-refractivity contribution in [2.45, 2.75) is 25.7 Å². The maximum Gasteiger partial charge on any atom is 0.136 e. The number of hydrogen-bond acceptors (Lipinski definition) is 1. The summed E-state index contributed by atoms with van der Waals surface area (Å²) in [6, 6.07) is 0. The molecule has 0 aromatic rings. The highest BCUT2D eigenvalue weighted by Crippen LogP contribution is 2.69. The van der Waals surface area contributed by atoms with Crippen molar-refractivity contribution < 1.29 is 4.79 Å². The van der Waals surface area contributed by atoms with Crippen LogP contribution < -0.4 is 0 Å². The molecule has 0 unspecified atom stereocenters. The molecule has 4 rings (SSSR count). The average molecular weight is 162 g/mol. The zero-order chi connectivity index (χ0) is 7.87. The van der Waals surface area contributed by atoms with Gasteiger partial charge in [0.2, 0.25) is 0 Å². The quantitative estimate of drug-likeness (QED) is 0.531. The minimum atomic E-state index is 0.535. The van der Waals surface area contributed by atoms with E-state index in [9.17, 15) is 4.79 Å². The van der Waals surface area contributed by atoms with Gasteiger partial charge in [0.05, 0.1) is 0 Å². The zero-order valence-corrected chi connectivity index (χ0v) is 7.20. The third kappa shape index (κ3) is 0.512. The molecular weight excluding hydrogens is 148 g/mol. The molecule has 0 N–H and O–H groups in total. The monoisotopic (exact) mass is 162 g/mol. The lowest BCUT2D eigenvalue weighted by atomic mass is 9.78. The molecule has 4 aliphatic rings. The second kappa shape index (κ2) is 1.64. The Balaban J connectivity index is 1.77. The van der Waals surface area contributed by atoms with Gasteiger partial charge in [0.25, 0.3) is 0 Å². The van der Waals surface area contributed by atoms with Gasteiger partial charge >= 0.3 is 0 Å². The van der Waals surface area contributed by atoms with Gasteiger partial charge in [-0.15, -0.1) is 0 Å². The molecule has 0 spiro atoms. The van der Waals surface area contributed by atoms with E-state index in [-0.39, 0.29) is 0 Å². The zero-order valence-electron chi connectivity index (χ0n) is 7.20. The highest BCUT2D eigenvalue weighted by Gasteiger charge is 2.64. The van der Waals surface area contributed by atoms with E-state index in [4.69, 9.17) is 0 Å². The van der Waals surface area contributed by atoms with E-state index in [0.717, 1.165) is 36.0 Å². The maximum atomic E-state index is 11.5. The van der Waals surface area contributed by atoms with Gasteiger partial charge < -0.3 is 0 Å². The standard InChI is InChI=1S/C11H14O/c12-10-4-6-3-8(10)9-2-5-1-7(5)11(6)9/h5-9,11H,1-4H2/t5-,6-,7-,8-,9+,11+/m0/s1. The first-order valence-electron chi connectivity index (χ1n) is 5.37. The second-order valence-corrected chi connectivity index (χ2v) is 5.41. The normalized spacial score (nSPS) is 65.2. The molecule has 0 aromatic heterocycles. The molecule has 4 fully saturated rings. The van der Waals surface area contributed by atoms with Crippen molar-refractivity contribution in [3.63, 3.8) is 0 Å². The largest absolute Gasteiger partial charge is 0.299 e. The van der Waals surface area contributed by atoms with Crippen molar-refractivity contribution in [2.75, 3.05) is 0 Å². The first-order valence-corrected chi connectivity index (χ1v) is 5.37. The molecule has 4 aliphatic carbocycles. The summed E-state index contributed by atoms with van der Waals surface area (Å²) in [6.07, 6.45) is 5.16. The fraction of sp³-hybridized carbons (Fsp3) is 0.909.